The normalized spacial score (nSPS) is 19.3. The maximum Gasteiger partial charge on any atom is 0.270 e. The van der Waals surface area contributed by atoms with Crippen LogP contribution in [0.2, 0.25) is 0 Å². The van der Waals surface area contributed by atoms with Crippen LogP contribution in [0.15, 0.2) is 59.2 Å². The molecule has 0 atom stereocenters. The van der Waals surface area contributed by atoms with Crippen molar-refractivity contribution in [1.82, 2.24) is 15.1 Å². The van der Waals surface area contributed by atoms with E-state index in [1.165, 1.54) is 0 Å². The van der Waals surface area contributed by atoms with Gasteiger partial charge in [0.2, 0.25) is 0 Å². The predicted octanol–water partition coefficient (Wildman–Crippen LogP) is 3.55. The predicted molar refractivity (Wildman–Crippen MR) is 106 cm³/mol. The number of halogens is 1. The second-order valence-corrected chi connectivity index (χ2v) is 6.72. The van der Waals surface area contributed by atoms with E-state index in [-0.39, 0.29) is 30.4 Å². The Bertz CT molecular complexity index is 869. The van der Waals surface area contributed by atoms with Crippen LogP contribution in [-0.2, 0) is 0 Å². The van der Waals surface area contributed by atoms with E-state index in [2.05, 4.69) is 10.4 Å². The third-order valence-electron chi connectivity index (χ3n) is 4.82. The molecular formula is C20H23ClN4O2. The summed E-state index contributed by atoms with van der Waals surface area (Å²) in [6.45, 7) is 0. The van der Waals surface area contributed by atoms with Gasteiger partial charge in [0.25, 0.3) is 5.91 Å². The van der Waals surface area contributed by atoms with Gasteiger partial charge in [0.15, 0.2) is 5.76 Å². The van der Waals surface area contributed by atoms with Crippen LogP contribution in [0.4, 0.5) is 0 Å². The highest BCUT2D eigenvalue weighted by Crippen LogP contribution is 2.23. The summed E-state index contributed by atoms with van der Waals surface area (Å²) in [5, 5.41) is 7.73. The zero-order chi connectivity index (χ0) is 17.9. The number of rotatable bonds is 4. The summed E-state index contributed by atoms with van der Waals surface area (Å²) in [7, 11) is 0. The first-order valence-corrected chi connectivity index (χ1v) is 8.96. The molecule has 1 aromatic carbocycles. The van der Waals surface area contributed by atoms with E-state index < -0.39 is 0 Å². The van der Waals surface area contributed by atoms with Gasteiger partial charge in [-0.15, -0.1) is 12.4 Å². The average molecular weight is 387 g/mol. The quantitative estimate of drug-likeness (QED) is 0.717. The van der Waals surface area contributed by atoms with Crippen molar-refractivity contribution in [2.75, 3.05) is 0 Å². The van der Waals surface area contributed by atoms with Crippen molar-refractivity contribution in [1.29, 1.82) is 0 Å². The van der Waals surface area contributed by atoms with Crippen molar-refractivity contribution in [2.24, 2.45) is 5.73 Å². The van der Waals surface area contributed by atoms with Crippen molar-refractivity contribution in [3.8, 4) is 17.1 Å². The summed E-state index contributed by atoms with van der Waals surface area (Å²) < 4.78 is 7.11. The minimum absolute atomic E-state index is 0. The first kappa shape index (κ1) is 19.2. The van der Waals surface area contributed by atoms with E-state index in [1.807, 2.05) is 42.5 Å². The van der Waals surface area contributed by atoms with Gasteiger partial charge in [-0.2, -0.15) is 5.10 Å². The molecule has 4 rings (SSSR count). The molecular weight excluding hydrogens is 364 g/mol. The molecule has 7 heteroatoms. The number of nitrogens with one attached hydrogen (secondary N) is 1. The van der Waals surface area contributed by atoms with Crippen molar-refractivity contribution in [2.45, 2.75) is 37.8 Å². The van der Waals surface area contributed by atoms with E-state index in [1.54, 1.807) is 17.0 Å². The van der Waals surface area contributed by atoms with Crippen LogP contribution >= 0.6 is 12.4 Å². The zero-order valence-electron chi connectivity index (χ0n) is 14.9. The Labute approximate surface area is 164 Å². The topological polar surface area (TPSA) is 86.1 Å². The van der Waals surface area contributed by atoms with E-state index in [0.29, 0.717) is 17.1 Å². The van der Waals surface area contributed by atoms with Gasteiger partial charge >= 0.3 is 0 Å². The van der Waals surface area contributed by atoms with Gasteiger partial charge in [0, 0.05) is 18.2 Å². The third-order valence-corrected chi connectivity index (χ3v) is 4.82. The summed E-state index contributed by atoms with van der Waals surface area (Å²) in [5.41, 5.74) is 7.93. The Kier molecular flexibility index (Phi) is 5.98. The highest BCUT2D eigenvalue weighted by atomic mass is 35.5. The molecule has 3 aromatic rings. The summed E-state index contributed by atoms with van der Waals surface area (Å²) in [6, 6.07) is 15.5. The number of hydrogen-bond acceptors (Lipinski definition) is 4. The fraction of sp³-hybridized carbons (Fsp3) is 0.300. The summed E-state index contributed by atoms with van der Waals surface area (Å²) in [5.74, 6) is 0.511. The molecule has 142 valence electrons. The Morgan fingerprint density at radius 2 is 1.85 bits per heavy atom. The van der Waals surface area contributed by atoms with Crippen LogP contribution < -0.4 is 11.1 Å². The Morgan fingerprint density at radius 3 is 2.52 bits per heavy atom. The monoisotopic (exact) mass is 386 g/mol. The number of carbonyl (C=O) groups excluding carboxylic acids is 1. The fourth-order valence-electron chi connectivity index (χ4n) is 3.38. The van der Waals surface area contributed by atoms with Gasteiger partial charge < -0.3 is 15.5 Å². The van der Waals surface area contributed by atoms with Gasteiger partial charge in [-0.05, 0) is 49.9 Å². The molecule has 0 radical (unpaired) electrons. The first-order valence-electron chi connectivity index (χ1n) is 8.96. The standard InChI is InChI=1S/C20H22N4O2.ClH/c21-14-8-10-15(11-9-14)22-20(25)18-13-17(19-7-4-12-26-19)23-24(18)16-5-2-1-3-6-16;/h1-7,12-15H,8-11,21H2,(H,22,25);1H. The van der Waals surface area contributed by atoms with Gasteiger partial charge in [0.05, 0.1) is 12.0 Å². The molecule has 3 N–H and O–H groups in total. The van der Waals surface area contributed by atoms with Crippen LogP contribution in [0.5, 0.6) is 0 Å². The number of nitrogens with zero attached hydrogens (tertiary/aromatic N) is 2. The third kappa shape index (κ3) is 4.23. The van der Waals surface area contributed by atoms with E-state index in [0.717, 1.165) is 31.4 Å². The molecule has 0 bridgehead atoms. The molecule has 6 nitrogen and oxygen atoms in total. The van der Waals surface area contributed by atoms with Crippen molar-refractivity contribution in [3.05, 3.63) is 60.5 Å². The minimum atomic E-state index is -0.125. The molecule has 1 amide bonds. The number of aromatic nitrogens is 2. The highest BCUT2D eigenvalue weighted by Gasteiger charge is 2.24. The Hall–Kier alpha value is -2.57. The molecule has 1 aliphatic rings. The molecule has 1 fully saturated rings. The van der Waals surface area contributed by atoms with Crippen LogP contribution in [-0.4, -0.2) is 27.8 Å². The number of carbonyl (C=O) groups is 1. The molecule has 1 saturated carbocycles. The smallest absolute Gasteiger partial charge is 0.270 e. The number of benzene rings is 1. The lowest BCUT2D eigenvalue weighted by Gasteiger charge is -2.26. The molecule has 2 aromatic heterocycles. The second-order valence-electron chi connectivity index (χ2n) is 6.72. The Morgan fingerprint density at radius 1 is 1.11 bits per heavy atom. The van der Waals surface area contributed by atoms with E-state index in [9.17, 15) is 4.79 Å². The molecule has 27 heavy (non-hydrogen) atoms. The van der Waals surface area contributed by atoms with Crippen LogP contribution in [0.3, 0.4) is 0 Å². The largest absolute Gasteiger partial charge is 0.463 e. The maximum atomic E-state index is 12.9. The number of amides is 1. The lowest BCUT2D eigenvalue weighted by atomic mass is 9.92. The number of furan rings is 1. The number of hydrogen-bond donors (Lipinski definition) is 2. The number of para-hydroxylation sites is 1. The molecule has 0 unspecified atom stereocenters. The first-order chi connectivity index (χ1) is 12.7. The van der Waals surface area contributed by atoms with Gasteiger partial charge in [-0.25, -0.2) is 4.68 Å². The summed E-state index contributed by atoms with van der Waals surface area (Å²) in [6.07, 6.45) is 5.32. The molecule has 0 spiro atoms. The average Bonchev–Trinajstić information content (AvgIpc) is 3.34. The van der Waals surface area contributed by atoms with Crippen molar-refractivity contribution < 1.29 is 9.21 Å². The lowest BCUT2D eigenvalue weighted by molar-refractivity contribution is 0.0918. The maximum absolute atomic E-state index is 12.9. The van der Waals surface area contributed by atoms with Crippen molar-refractivity contribution in [3.63, 3.8) is 0 Å². The Balaban J connectivity index is 0.00000210. The van der Waals surface area contributed by atoms with E-state index >= 15 is 0 Å². The minimum Gasteiger partial charge on any atom is -0.463 e. The van der Waals surface area contributed by atoms with Crippen LogP contribution in [0.1, 0.15) is 36.2 Å². The van der Waals surface area contributed by atoms with Gasteiger partial charge in [-0.3, -0.25) is 4.79 Å². The van der Waals surface area contributed by atoms with Gasteiger partial charge in [0.1, 0.15) is 11.4 Å². The van der Waals surface area contributed by atoms with Crippen LogP contribution in [0, 0.1) is 0 Å². The molecule has 0 aliphatic heterocycles. The number of nitrogens with two attached hydrogens (primary N) is 1. The highest BCUT2D eigenvalue weighted by molar-refractivity contribution is 5.94. The van der Waals surface area contributed by atoms with Crippen molar-refractivity contribution >= 4 is 18.3 Å². The summed E-state index contributed by atoms with van der Waals surface area (Å²) in [4.78, 5) is 12.9. The van der Waals surface area contributed by atoms with Gasteiger partial charge in [-0.1, -0.05) is 18.2 Å². The second kappa shape index (κ2) is 8.41. The molecule has 1 aliphatic carbocycles. The summed E-state index contributed by atoms with van der Waals surface area (Å²) >= 11 is 0. The lowest BCUT2D eigenvalue weighted by Crippen LogP contribution is -2.41. The van der Waals surface area contributed by atoms with Crippen LogP contribution in [0.25, 0.3) is 17.1 Å². The SMILES string of the molecule is Cl.NC1CCC(NC(=O)c2cc(-c3ccco3)nn2-c2ccccc2)CC1. The molecule has 2 heterocycles. The molecule has 0 saturated heterocycles. The van der Waals surface area contributed by atoms with E-state index in [4.69, 9.17) is 10.2 Å². The zero-order valence-corrected chi connectivity index (χ0v) is 15.7. The fourth-order valence-corrected chi connectivity index (χ4v) is 3.38.